The SMILES string of the molecule is CCC(C)(NC(=O)COc1cccc([N+](=O)[O-])c1)c1nc(C)cs1. The number of carbonyl (C=O) groups is 1. The Labute approximate surface area is 143 Å². The number of aromatic nitrogens is 1. The first-order valence-corrected chi connectivity index (χ1v) is 8.33. The third kappa shape index (κ3) is 4.29. The largest absolute Gasteiger partial charge is 0.484 e. The van der Waals surface area contributed by atoms with Crippen molar-refractivity contribution >= 4 is 22.9 Å². The lowest BCUT2D eigenvalue weighted by Gasteiger charge is -2.27. The molecule has 0 fully saturated rings. The van der Waals surface area contributed by atoms with Crippen LogP contribution in [0, 0.1) is 17.0 Å². The molecule has 8 heteroatoms. The van der Waals surface area contributed by atoms with Crippen molar-refractivity contribution in [2.75, 3.05) is 6.61 Å². The first kappa shape index (κ1) is 17.9. The summed E-state index contributed by atoms with van der Waals surface area (Å²) in [6.45, 7) is 5.57. The number of thiazole rings is 1. The maximum atomic E-state index is 12.2. The minimum atomic E-state index is -0.567. The number of non-ortho nitro benzene ring substituents is 1. The summed E-state index contributed by atoms with van der Waals surface area (Å²) in [7, 11) is 0. The summed E-state index contributed by atoms with van der Waals surface area (Å²) in [6, 6.07) is 5.74. The summed E-state index contributed by atoms with van der Waals surface area (Å²) in [5.74, 6) is -0.0265. The average molecular weight is 349 g/mol. The maximum absolute atomic E-state index is 12.2. The summed E-state index contributed by atoms with van der Waals surface area (Å²) in [5, 5.41) is 16.5. The van der Waals surface area contributed by atoms with Crippen LogP contribution >= 0.6 is 11.3 Å². The Morgan fingerprint density at radius 3 is 2.83 bits per heavy atom. The van der Waals surface area contributed by atoms with E-state index in [0.717, 1.165) is 10.7 Å². The number of aryl methyl sites for hydroxylation is 1. The van der Waals surface area contributed by atoms with Gasteiger partial charge in [0, 0.05) is 17.1 Å². The first-order valence-electron chi connectivity index (χ1n) is 7.45. The quantitative estimate of drug-likeness (QED) is 0.612. The second kappa shape index (κ2) is 7.39. The maximum Gasteiger partial charge on any atom is 0.273 e. The summed E-state index contributed by atoms with van der Waals surface area (Å²) in [5.41, 5.74) is 0.267. The number of hydrogen-bond donors (Lipinski definition) is 1. The summed E-state index contributed by atoms with van der Waals surface area (Å²) < 4.78 is 5.36. The molecule has 7 nitrogen and oxygen atoms in total. The van der Waals surface area contributed by atoms with Crippen molar-refractivity contribution in [3.05, 3.63) is 50.5 Å². The van der Waals surface area contributed by atoms with E-state index in [0.29, 0.717) is 6.42 Å². The molecular weight excluding hydrogens is 330 g/mol. The van der Waals surface area contributed by atoms with Crippen molar-refractivity contribution in [2.24, 2.45) is 0 Å². The van der Waals surface area contributed by atoms with E-state index >= 15 is 0 Å². The third-order valence-corrected chi connectivity index (χ3v) is 4.84. The Kier molecular flexibility index (Phi) is 5.50. The van der Waals surface area contributed by atoms with E-state index in [9.17, 15) is 14.9 Å². The molecule has 0 aliphatic heterocycles. The number of carbonyl (C=O) groups excluding carboxylic acids is 1. The fourth-order valence-electron chi connectivity index (χ4n) is 2.08. The molecule has 24 heavy (non-hydrogen) atoms. The number of nitrogens with zero attached hydrogens (tertiary/aromatic N) is 2. The lowest BCUT2D eigenvalue weighted by Crippen LogP contribution is -2.45. The van der Waals surface area contributed by atoms with Crippen molar-refractivity contribution in [1.29, 1.82) is 0 Å². The van der Waals surface area contributed by atoms with Crippen LogP contribution < -0.4 is 10.1 Å². The van der Waals surface area contributed by atoms with Gasteiger partial charge in [-0.05, 0) is 26.3 Å². The number of rotatable bonds is 7. The van der Waals surface area contributed by atoms with Crippen molar-refractivity contribution in [1.82, 2.24) is 10.3 Å². The molecular formula is C16H19N3O4S. The fourth-order valence-corrected chi connectivity index (χ4v) is 3.07. The van der Waals surface area contributed by atoms with Gasteiger partial charge in [-0.25, -0.2) is 4.98 Å². The number of nitro groups is 1. The monoisotopic (exact) mass is 349 g/mol. The Morgan fingerprint density at radius 2 is 2.25 bits per heavy atom. The minimum Gasteiger partial charge on any atom is -0.484 e. The van der Waals surface area contributed by atoms with Gasteiger partial charge in [0.25, 0.3) is 11.6 Å². The van der Waals surface area contributed by atoms with E-state index in [1.54, 1.807) is 6.07 Å². The second-order valence-corrected chi connectivity index (χ2v) is 6.43. The van der Waals surface area contributed by atoms with Crippen LogP contribution in [0.15, 0.2) is 29.6 Å². The zero-order chi connectivity index (χ0) is 17.7. The highest BCUT2D eigenvalue weighted by Gasteiger charge is 2.29. The van der Waals surface area contributed by atoms with Gasteiger partial charge in [-0.1, -0.05) is 13.0 Å². The van der Waals surface area contributed by atoms with Crippen molar-refractivity contribution in [2.45, 2.75) is 32.7 Å². The molecule has 0 aliphatic rings. The normalized spacial score (nSPS) is 13.1. The van der Waals surface area contributed by atoms with Gasteiger partial charge in [-0.3, -0.25) is 14.9 Å². The molecule has 1 aromatic carbocycles. The van der Waals surface area contributed by atoms with E-state index in [1.807, 2.05) is 26.2 Å². The van der Waals surface area contributed by atoms with Crippen LogP contribution in [0.3, 0.4) is 0 Å². The van der Waals surface area contributed by atoms with Crippen LogP contribution in [0.1, 0.15) is 31.0 Å². The molecule has 0 aliphatic carbocycles. The molecule has 0 saturated heterocycles. The van der Waals surface area contributed by atoms with Gasteiger partial charge in [0.15, 0.2) is 6.61 Å². The molecule has 1 atom stereocenters. The Hall–Kier alpha value is -2.48. The van der Waals surface area contributed by atoms with Crippen LogP contribution in [-0.4, -0.2) is 22.4 Å². The summed E-state index contributed by atoms with van der Waals surface area (Å²) in [6.07, 6.45) is 0.683. The van der Waals surface area contributed by atoms with Gasteiger partial charge in [0.05, 0.1) is 16.5 Å². The number of ether oxygens (including phenoxy) is 1. The topological polar surface area (TPSA) is 94.4 Å². The molecule has 0 bridgehead atoms. The first-order chi connectivity index (χ1) is 11.3. The summed E-state index contributed by atoms with van der Waals surface area (Å²) in [4.78, 5) is 26.9. The van der Waals surface area contributed by atoms with Gasteiger partial charge in [-0.2, -0.15) is 0 Å². The standard InChI is InChI=1S/C16H19N3O4S/c1-4-16(3,15-17-11(2)10-24-15)18-14(20)9-23-13-7-5-6-12(8-13)19(21)22/h5-8,10H,4,9H2,1-3H3,(H,18,20). The highest BCUT2D eigenvalue weighted by molar-refractivity contribution is 7.09. The predicted octanol–water partition coefficient (Wildman–Crippen LogP) is 3.18. The molecule has 0 saturated carbocycles. The van der Waals surface area contributed by atoms with Crippen LogP contribution in [0.2, 0.25) is 0 Å². The van der Waals surface area contributed by atoms with E-state index < -0.39 is 10.5 Å². The molecule has 1 amide bonds. The van der Waals surface area contributed by atoms with Gasteiger partial charge in [0.2, 0.25) is 0 Å². The number of benzene rings is 1. The Morgan fingerprint density at radius 1 is 1.50 bits per heavy atom. The molecule has 2 rings (SSSR count). The lowest BCUT2D eigenvalue weighted by molar-refractivity contribution is -0.384. The highest BCUT2D eigenvalue weighted by Crippen LogP contribution is 2.27. The average Bonchev–Trinajstić information content (AvgIpc) is 3.00. The Balaban J connectivity index is 1.99. The van der Waals surface area contributed by atoms with Crippen molar-refractivity contribution < 1.29 is 14.5 Å². The van der Waals surface area contributed by atoms with Crippen molar-refractivity contribution in [3.63, 3.8) is 0 Å². The molecule has 1 unspecified atom stereocenters. The smallest absolute Gasteiger partial charge is 0.273 e. The zero-order valence-corrected chi connectivity index (χ0v) is 14.6. The van der Waals surface area contributed by atoms with Gasteiger partial charge >= 0.3 is 0 Å². The minimum absolute atomic E-state index is 0.0791. The molecule has 0 radical (unpaired) electrons. The number of amides is 1. The zero-order valence-electron chi connectivity index (χ0n) is 13.7. The number of nitrogens with one attached hydrogen (secondary N) is 1. The molecule has 1 aromatic heterocycles. The van der Waals surface area contributed by atoms with Crippen molar-refractivity contribution in [3.8, 4) is 5.75 Å². The second-order valence-electron chi connectivity index (χ2n) is 5.57. The lowest BCUT2D eigenvalue weighted by atomic mass is 10.00. The molecule has 1 heterocycles. The molecule has 0 spiro atoms. The number of nitro benzene ring substituents is 1. The molecule has 2 aromatic rings. The number of hydrogen-bond acceptors (Lipinski definition) is 6. The van der Waals surface area contributed by atoms with Gasteiger partial charge in [0.1, 0.15) is 10.8 Å². The van der Waals surface area contributed by atoms with E-state index in [-0.39, 0.29) is 24.0 Å². The molecule has 1 N–H and O–H groups in total. The predicted molar refractivity (Wildman–Crippen MR) is 91.2 cm³/mol. The Bertz CT molecular complexity index is 746. The van der Waals surface area contributed by atoms with Crippen LogP contribution in [0.5, 0.6) is 5.75 Å². The highest BCUT2D eigenvalue weighted by atomic mass is 32.1. The van der Waals surface area contributed by atoms with E-state index in [1.165, 1.54) is 29.5 Å². The third-order valence-electron chi connectivity index (χ3n) is 3.61. The van der Waals surface area contributed by atoms with Crippen LogP contribution in [0.4, 0.5) is 5.69 Å². The fraction of sp³-hybridized carbons (Fsp3) is 0.375. The van der Waals surface area contributed by atoms with E-state index in [4.69, 9.17) is 4.74 Å². The van der Waals surface area contributed by atoms with E-state index in [2.05, 4.69) is 10.3 Å². The van der Waals surface area contributed by atoms with Crippen LogP contribution in [-0.2, 0) is 10.3 Å². The van der Waals surface area contributed by atoms with Gasteiger partial charge in [-0.15, -0.1) is 11.3 Å². The van der Waals surface area contributed by atoms with Gasteiger partial charge < -0.3 is 10.1 Å². The summed E-state index contributed by atoms with van der Waals surface area (Å²) >= 11 is 1.50. The molecule has 128 valence electrons. The van der Waals surface area contributed by atoms with Crippen LogP contribution in [0.25, 0.3) is 0 Å².